The Kier molecular flexibility index (Phi) is 19.4. The van der Waals surface area contributed by atoms with E-state index in [-0.39, 0.29) is 22.1 Å². The second kappa shape index (κ2) is 20.5. The van der Waals surface area contributed by atoms with Crippen LogP contribution in [0, 0.1) is 11.8 Å². The number of carbonyl (C=O) groups excluding carboxylic acids is 1. The van der Waals surface area contributed by atoms with Crippen LogP contribution in [-0.2, 0) is 31.5 Å². The van der Waals surface area contributed by atoms with Crippen molar-refractivity contribution in [2.45, 2.75) is 57.7 Å². The Balaban J connectivity index is 0.000000619. The lowest BCUT2D eigenvalue weighted by atomic mass is 9.82. The van der Waals surface area contributed by atoms with Crippen molar-refractivity contribution < 1.29 is 34.3 Å². The van der Waals surface area contributed by atoms with E-state index < -0.39 is 16.1 Å². The Hall–Kier alpha value is -2.47. The van der Waals surface area contributed by atoms with E-state index in [1.807, 2.05) is 28.1 Å². The third kappa shape index (κ3) is 12.1. The van der Waals surface area contributed by atoms with Crippen LogP contribution in [0.4, 0.5) is 0 Å². The SMILES string of the molecule is C=O.CC(C)N1CC2CC(C1)c1cccc(=O)n1C2.CO[P+](=O)[O-].C[P+](C)=O.O.O.O=c1cccc2n1CC1CNCC2C1. The molecule has 5 N–H and O–H groups in total. The molecular formula is C29H49N4O9P2+. The van der Waals surface area contributed by atoms with Gasteiger partial charge in [-0.05, 0) is 61.8 Å². The molecule has 0 radical (unpaired) electrons. The molecule has 2 fully saturated rings. The number of hydrogen-bond acceptors (Lipinski definition) is 9. The first kappa shape index (κ1) is 41.5. The lowest BCUT2D eigenvalue weighted by molar-refractivity contribution is -0.183. The molecule has 5 atom stereocenters. The minimum atomic E-state index is -2.60. The highest BCUT2D eigenvalue weighted by atomic mass is 31.1. The molecule has 4 aliphatic heterocycles. The van der Waals surface area contributed by atoms with Crippen LogP contribution in [0.15, 0.2) is 46.0 Å². The molecule has 6 rings (SSSR count). The van der Waals surface area contributed by atoms with Crippen LogP contribution in [0.25, 0.3) is 0 Å². The van der Waals surface area contributed by atoms with Gasteiger partial charge in [0.1, 0.15) is 20.1 Å². The fourth-order valence-electron chi connectivity index (χ4n) is 6.10. The molecule has 2 aromatic heterocycles. The molecule has 0 saturated carbocycles. The molecule has 248 valence electrons. The van der Waals surface area contributed by atoms with Gasteiger partial charge in [0.2, 0.25) is 0 Å². The minimum absolute atomic E-state index is 0. The van der Waals surface area contributed by atoms with Gasteiger partial charge in [0.15, 0.2) is 0 Å². The number of piperidine rings is 2. The zero-order valence-corrected chi connectivity index (χ0v) is 28.1. The normalized spacial score (nSPS) is 22.3. The average Bonchev–Trinajstić information content (AvgIpc) is 2.96. The van der Waals surface area contributed by atoms with E-state index in [9.17, 15) is 23.6 Å². The van der Waals surface area contributed by atoms with Gasteiger partial charge in [-0.2, -0.15) is 4.52 Å². The maximum absolute atomic E-state index is 11.9. The predicted molar refractivity (Wildman–Crippen MR) is 171 cm³/mol. The van der Waals surface area contributed by atoms with E-state index in [0.29, 0.717) is 29.7 Å². The van der Waals surface area contributed by atoms with Gasteiger partial charge < -0.3 is 35.1 Å². The highest BCUT2D eigenvalue weighted by Crippen LogP contribution is 2.35. The quantitative estimate of drug-likeness (QED) is 0.458. The van der Waals surface area contributed by atoms with E-state index >= 15 is 0 Å². The van der Waals surface area contributed by atoms with Gasteiger partial charge in [0.05, 0.1) is 7.11 Å². The molecule has 0 aliphatic carbocycles. The van der Waals surface area contributed by atoms with E-state index in [0.717, 1.165) is 46.4 Å². The van der Waals surface area contributed by atoms with E-state index in [1.165, 1.54) is 24.2 Å². The smallest absolute Gasteiger partial charge is 0.488 e. The Morgan fingerprint density at radius 1 is 0.841 bits per heavy atom. The Bertz CT molecular complexity index is 1300. The Morgan fingerprint density at radius 3 is 1.77 bits per heavy atom. The maximum atomic E-state index is 11.9. The molecule has 0 spiro atoms. The zero-order chi connectivity index (χ0) is 31.4. The molecule has 15 heteroatoms. The summed E-state index contributed by atoms with van der Waals surface area (Å²) >= 11 is 0. The van der Waals surface area contributed by atoms with Crippen LogP contribution in [-0.4, -0.2) is 84.4 Å². The molecule has 0 amide bonds. The van der Waals surface area contributed by atoms with Crippen molar-refractivity contribution in [2.75, 3.05) is 46.6 Å². The largest absolute Gasteiger partial charge is 0.566 e. The van der Waals surface area contributed by atoms with Crippen LogP contribution in [0.5, 0.6) is 0 Å². The summed E-state index contributed by atoms with van der Waals surface area (Å²) in [7, 11) is -2.37. The number of rotatable bonds is 2. The number of hydrogen-bond donors (Lipinski definition) is 1. The lowest BCUT2D eigenvalue weighted by Crippen LogP contribution is -2.49. The third-order valence-electron chi connectivity index (χ3n) is 7.77. The summed E-state index contributed by atoms with van der Waals surface area (Å²) in [4.78, 5) is 43.2. The van der Waals surface area contributed by atoms with Crippen molar-refractivity contribution in [3.63, 3.8) is 0 Å². The number of fused-ring (bicyclic) bond motifs is 8. The first-order valence-electron chi connectivity index (χ1n) is 14.2. The maximum Gasteiger partial charge on any atom is 0.488 e. The number of nitrogens with zero attached hydrogens (tertiary/aromatic N) is 3. The zero-order valence-electron chi connectivity index (χ0n) is 26.3. The molecule has 44 heavy (non-hydrogen) atoms. The van der Waals surface area contributed by atoms with E-state index in [2.05, 4.69) is 40.7 Å². The molecule has 2 aromatic rings. The summed E-state index contributed by atoms with van der Waals surface area (Å²) in [5.41, 5.74) is 2.81. The van der Waals surface area contributed by atoms with Gasteiger partial charge in [-0.1, -0.05) is 16.7 Å². The number of aromatic nitrogens is 2. The van der Waals surface area contributed by atoms with E-state index in [1.54, 1.807) is 25.5 Å². The summed E-state index contributed by atoms with van der Waals surface area (Å²) in [6, 6.07) is 12.0. The average molecular weight is 660 g/mol. The predicted octanol–water partition coefficient (Wildman–Crippen LogP) is 1.12. The summed E-state index contributed by atoms with van der Waals surface area (Å²) in [6.07, 6.45) is 2.50. The number of pyridine rings is 2. The molecule has 0 aromatic carbocycles. The second-order valence-corrected chi connectivity index (χ2v) is 13.8. The van der Waals surface area contributed by atoms with Crippen molar-refractivity contribution >= 4 is 22.8 Å². The van der Waals surface area contributed by atoms with Crippen molar-refractivity contribution in [3.05, 3.63) is 68.5 Å². The molecule has 4 bridgehead atoms. The monoisotopic (exact) mass is 659 g/mol. The van der Waals surface area contributed by atoms with Crippen LogP contribution in [0.2, 0.25) is 0 Å². The van der Waals surface area contributed by atoms with Gasteiger partial charge in [-0.15, -0.1) is 0 Å². The topological polar surface area (TPSA) is 206 Å². The molecule has 6 heterocycles. The molecule has 5 unspecified atom stereocenters. The van der Waals surface area contributed by atoms with Crippen molar-refractivity contribution in [1.29, 1.82) is 0 Å². The van der Waals surface area contributed by atoms with Crippen molar-refractivity contribution in [2.24, 2.45) is 11.8 Å². The van der Waals surface area contributed by atoms with Gasteiger partial charge >= 0.3 is 16.1 Å². The Morgan fingerprint density at radius 2 is 1.30 bits per heavy atom. The van der Waals surface area contributed by atoms with Crippen LogP contribution in [0.3, 0.4) is 0 Å². The van der Waals surface area contributed by atoms with Crippen molar-refractivity contribution in [3.8, 4) is 0 Å². The highest BCUT2D eigenvalue weighted by Gasteiger charge is 2.35. The van der Waals surface area contributed by atoms with Crippen molar-refractivity contribution in [1.82, 2.24) is 19.4 Å². The van der Waals surface area contributed by atoms with Gasteiger partial charge in [0.25, 0.3) is 11.1 Å². The first-order chi connectivity index (χ1) is 20.0. The van der Waals surface area contributed by atoms with E-state index in [4.69, 9.17) is 4.79 Å². The van der Waals surface area contributed by atoms with Gasteiger partial charge in [0, 0.05) is 74.1 Å². The Labute approximate surface area is 261 Å². The first-order valence-corrected chi connectivity index (χ1v) is 17.4. The molecule has 2 saturated heterocycles. The lowest BCUT2D eigenvalue weighted by Gasteiger charge is -2.44. The number of carbonyl (C=O) groups is 1. The standard InChI is InChI=1S/C14H20N2O.C11H14N2O.C2H6OP.CH3O3P.CH2O.2H2O/c1-10(2)15-7-11-6-12(9-15)13-4-3-5-14(17)16(13)8-11;14-11-3-1-2-10-9-4-8(5-12-6-9)7-13(10)11;1-4(2)3;1-4-5(2)3;1-2;;/h3-5,10-12H,6-9H2,1-2H3;1-3,8-9,12H,4-7H2;1-2H3;1H3;1H2;2*1H2/q;;+1;;;;. The van der Waals surface area contributed by atoms with Gasteiger partial charge in [-0.25, -0.2) is 0 Å². The number of likely N-dealkylation sites (tertiary alicyclic amines) is 1. The van der Waals surface area contributed by atoms with Crippen LogP contribution >= 0.6 is 16.1 Å². The van der Waals surface area contributed by atoms with Crippen LogP contribution in [0.1, 0.15) is 49.9 Å². The molecule has 4 aliphatic rings. The number of nitrogens with one attached hydrogen (secondary N) is 1. The summed E-state index contributed by atoms with van der Waals surface area (Å²) < 4.78 is 26.4. The highest BCUT2D eigenvalue weighted by molar-refractivity contribution is 7.42. The fourth-order valence-corrected chi connectivity index (χ4v) is 6.10. The van der Waals surface area contributed by atoms with Crippen LogP contribution < -0.4 is 21.3 Å². The summed E-state index contributed by atoms with van der Waals surface area (Å²) in [6.45, 7) is 16.0. The third-order valence-corrected chi connectivity index (χ3v) is 8.07. The minimum Gasteiger partial charge on any atom is -0.566 e. The molecular weight excluding hydrogens is 610 g/mol. The summed E-state index contributed by atoms with van der Waals surface area (Å²) in [5.74, 6) is 2.42. The second-order valence-electron chi connectivity index (χ2n) is 11.3. The molecule has 13 nitrogen and oxygen atoms in total. The van der Waals surface area contributed by atoms with Gasteiger partial charge in [-0.3, -0.25) is 14.5 Å². The fraction of sp³-hybridized carbons (Fsp3) is 0.621. The summed E-state index contributed by atoms with van der Waals surface area (Å²) in [5, 5.41) is 3.43.